The van der Waals surface area contributed by atoms with E-state index in [2.05, 4.69) is 0 Å². The van der Waals surface area contributed by atoms with Crippen molar-refractivity contribution in [1.29, 1.82) is 0 Å². The lowest BCUT2D eigenvalue weighted by Gasteiger charge is -2.37. The van der Waals surface area contributed by atoms with E-state index in [4.69, 9.17) is 19.2 Å². The number of methoxy groups -OCH3 is 1. The van der Waals surface area contributed by atoms with Crippen LogP contribution in [0.15, 0.2) is 64.8 Å². The number of nitrogens with zero attached hydrogens (tertiary/aromatic N) is 1. The van der Waals surface area contributed by atoms with Crippen molar-refractivity contribution in [2.75, 3.05) is 7.11 Å². The Bertz CT molecular complexity index is 1190. The van der Waals surface area contributed by atoms with Crippen LogP contribution in [0.4, 0.5) is 0 Å². The molecule has 0 spiro atoms. The van der Waals surface area contributed by atoms with Gasteiger partial charge in [0, 0.05) is 34.9 Å². The highest BCUT2D eigenvalue weighted by atomic mass is 16.5. The molecule has 0 saturated carbocycles. The monoisotopic (exact) mass is 489 g/mol. The lowest BCUT2D eigenvalue weighted by atomic mass is 9.69. The number of esters is 1. The van der Waals surface area contributed by atoms with Gasteiger partial charge in [-0.25, -0.2) is 0 Å². The molecule has 190 valence electrons. The zero-order chi connectivity index (χ0) is 26.0. The third-order valence-corrected chi connectivity index (χ3v) is 6.70. The summed E-state index contributed by atoms with van der Waals surface area (Å²) in [7, 11) is 1.64. The summed E-state index contributed by atoms with van der Waals surface area (Å²) < 4.78 is 17.1. The van der Waals surface area contributed by atoms with Gasteiger partial charge in [-0.2, -0.15) is 0 Å². The van der Waals surface area contributed by atoms with Gasteiger partial charge in [0.05, 0.1) is 19.3 Å². The Kier molecular flexibility index (Phi) is 7.62. The van der Waals surface area contributed by atoms with E-state index in [1.54, 1.807) is 7.11 Å². The molecule has 6 heteroatoms. The number of hydrogen-bond acceptors (Lipinski definition) is 6. The predicted octanol–water partition coefficient (Wildman–Crippen LogP) is 6.01. The SMILES string of the molecule is COc1ccc(C2CC(=O)C3=C(C2)N=C(C)C(C(=O)OC(C)C)C3c2ccccc2OC(C)C)cc1. The van der Waals surface area contributed by atoms with Crippen molar-refractivity contribution in [2.45, 2.75) is 71.5 Å². The number of hydrogen-bond donors (Lipinski definition) is 0. The lowest BCUT2D eigenvalue weighted by Crippen LogP contribution is -2.39. The maximum Gasteiger partial charge on any atom is 0.315 e. The van der Waals surface area contributed by atoms with Gasteiger partial charge in [0.1, 0.15) is 17.4 Å². The highest BCUT2D eigenvalue weighted by Crippen LogP contribution is 2.48. The zero-order valence-electron chi connectivity index (χ0n) is 21.9. The van der Waals surface area contributed by atoms with Crippen LogP contribution in [-0.4, -0.2) is 36.8 Å². The first-order valence-electron chi connectivity index (χ1n) is 12.6. The van der Waals surface area contributed by atoms with Crippen LogP contribution in [0.3, 0.4) is 0 Å². The minimum atomic E-state index is -0.690. The van der Waals surface area contributed by atoms with E-state index in [-0.39, 0.29) is 29.9 Å². The Balaban J connectivity index is 1.81. The molecular formula is C30H35NO5. The van der Waals surface area contributed by atoms with Crippen LogP contribution in [-0.2, 0) is 14.3 Å². The average Bonchev–Trinajstić information content (AvgIpc) is 2.82. The molecule has 1 aliphatic heterocycles. The highest BCUT2D eigenvalue weighted by Gasteiger charge is 2.46. The minimum absolute atomic E-state index is 0.0139. The molecule has 6 nitrogen and oxygen atoms in total. The molecule has 2 aromatic rings. The summed E-state index contributed by atoms with van der Waals surface area (Å²) in [6, 6.07) is 15.5. The first-order valence-corrected chi connectivity index (χ1v) is 12.6. The maximum atomic E-state index is 13.8. The summed E-state index contributed by atoms with van der Waals surface area (Å²) in [5.74, 6) is -0.0902. The van der Waals surface area contributed by atoms with E-state index in [0.717, 1.165) is 22.6 Å². The molecule has 0 amide bonds. The summed E-state index contributed by atoms with van der Waals surface area (Å²) in [6.45, 7) is 9.44. The van der Waals surface area contributed by atoms with Gasteiger partial charge in [0.25, 0.3) is 0 Å². The molecule has 1 heterocycles. The molecule has 2 aliphatic rings. The number of ether oxygens (including phenoxy) is 3. The van der Waals surface area contributed by atoms with E-state index in [9.17, 15) is 9.59 Å². The zero-order valence-corrected chi connectivity index (χ0v) is 21.9. The van der Waals surface area contributed by atoms with Crippen LogP contribution in [0.25, 0.3) is 0 Å². The summed E-state index contributed by atoms with van der Waals surface area (Å²) in [6.07, 6.45) is 0.654. The quantitative estimate of drug-likeness (QED) is 0.445. The highest BCUT2D eigenvalue weighted by molar-refractivity contribution is 6.09. The predicted molar refractivity (Wildman–Crippen MR) is 140 cm³/mol. The first-order chi connectivity index (χ1) is 17.2. The molecule has 0 radical (unpaired) electrons. The normalized spacial score (nSPS) is 21.8. The van der Waals surface area contributed by atoms with Crippen LogP contribution in [0.2, 0.25) is 0 Å². The van der Waals surface area contributed by atoms with E-state index in [0.29, 0.717) is 29.9 Å². The Morgan fingerprint density at radius 2 is 1.67 bits per heavy atom. The van der Waals surface area contributed by atoms with Crippen LogP contribution in [0.1, 0.15) is 70.4 Å². The van der Waals surface area contributed by atoms with Crippen molar-refractivity contribution in [2.24, 2.45) is 10.9 Å². The Hall–Kier alpha value is -3.41. The van der Waals surface area contributed by atoms with Crippen molar-refractivity contribution >= 4 is 17.5 Å². The van der Waals surface area contributed by atoms with Crippen molar-refractivity contribution < 1.29 is 23.8 Å². The van der Waals surface area contributed by atoms with Crippen LogP contribution < -0.4 is 9.47 Å². The number of benzene rings is 2. The molecule has 0 bridgehead atoms. The topological polar surface area (TPSA) is 74.2 Å². The van der Waals surface area contributed by atoms with Crippen molar-refractivity contribution in [1.82, 2.24) is 0 Å². The fourth-order valence-corrected chi connectivity index (χ4v) is 5.22. The van der Waals surface area contributed by atoms with Gasteiger partial charge in [0.15, 0.2) is 5.78 Å². The van der Waals surface area contributed by atoms with Gasteiger partial charge >= 0.3 is 5.97 Å². The molecule has 0 saturated heterocycles. The van der Waals surface area contributed by atoms with Crippen LogP contribution >= 0.6 is 0 Å². The molecular weight excluding hydrogens is 454 g/mol. The molecule has 0 aromatic heterocycles. The summed E-state index contributed by atoms with van der Waals surface area (Å²) in [5.41, 5.74) is 3.91. The molecule has 2 aromatic carbocycles. The molecule has 4 rings (SSSR count). The van der Waals surface area contributed by atoms with Crippen molar-refractivity contribution in [3.05, 3.63) is 70.9 Å². The van der Waals surface area contributed by atoms with Gasteiger partial charge in [-0.15, -0.1) is 0 Å². The number of rotatable bonds is 7. The molecule has 3 atom stereocenters. The van der Waals surface area contributed by atoms with Crippen LogP contribution in [0, 0.1) is 5.92 Å². The standard InChI is InChI=1S/C30H35NO5/c1-17(2)35-26-10-8-7-9-23(26)28-27(30(33)36-18(3)4)19(5)31-24-15-21(16-25(32)29(24)28)20-11-13-22(34-6)14-12-20/h7-14,17-18,21,27-28H,15-16H2,1-6H3. The van der Waals surface area contributed by atoms with Gasteiger partial charge in [-0.1, -0.05) is 30.3 Å². The summed E-state index contributed by atoms with van der Waals surface area (Å²) in [5, 5.41) is 0. The molecule has 3 unspecified atom stereocenters. The van der Waals surface area contributed by atoms with Crippen molar-refractivity contribution in [3.63, 3.8) is 0 Å². The second kappa shape index (κ2) is 10.7. The Morgan fingerprint density at radius 3 is 2.31 bits per heavy atom. The second-order valence-electron chi connectivity index (χ2n) is 10.1. The van der Waals surface area contributed by atoms with E-state index < -0.39 is 11.8 Å². The van der Waals surface area contributed by atoms with Crippen LogP contribution in [0.5, 0.6) is 11.5 Å². The van der Waals surface area contributed by atoms with Gasteiger partial charge in [0.2, 0.25) is 0 Å². The largest absolute Gasteiger partial charge is 0.497 e. The number of para-hydroxylation sites is 1. The number of ketones is 1. The maximum absolute atomic E-state index is 13.8. The fraction of sp³-hybridized carbons (Fsp3) is 0.433. The molecule has 1 aliphatic carbocycles. The third kappa shape index (κ3) is 5.23. The van der Waals surface area contributed by atoms with Gasteiger partial charge in [-0.3, -0.25) is 14.6 Å². The number of carbonyl (C=O) groups excluding carboxylic acids is 2. The number of Topliss-reactive ketones (excluding diaryl/α,β-unsaturated/α-hetero) is 1. The van der Waals surface area contributed by atoms with E-state index in [1.165, 1.54) is 0 Å². The van der Waals surface area contributed by atoms with E-state index >= 15 is 0 Å². The van der Waals surface area contributed by atoms with Gasteiger partial charge < -0.3 is 14.2 Å². The number of carbonyl (C=O) groups is 2. The molecule has 0 N–H and O–H groups in total. The number of allylic oxidation sites excluding steroid dienone is 2. The average molecular weight is 490 g/mol. The Labute approximate surface area is 213 Å². The second-order valence-corrected chi connectivity index (χ2v) is 10.1. The van der Waals surface area contributed by atoms with E-state index in [1.807, 2.05) is 83.1 Å². The first kappa shape index (κ1) is 25.7. The fourth-order valence-electron chi connectivity index (χ4n) is 5.22. The van der Waals surface area contributed by atoms with Crippen molar-refractivity contribution in [3.8, 4) is 11.5 Å². The number of aliphatic imine (C=N–C) groups is 1. The molecule has 36 heavy (non-hydrogen) atoms. The summed E-state index contributed by atoms with van der Waals surface area (Å²) >= 11 is 0. The third-order valence-electron chi connectivity index (χ3n) is 6.70. The Morgan fingerprint density at radius 1 is 0.972 bits per heavy atom. The minimum Gasteiger partial charge on any atom is -0.497 e. The summed E-state index contributed by atoms with van der Waals surface area (Å²) in [4.78, 5) is 32.0. The molecule has 0 fully saturated rings. The smallest absolute Gasteiger partial charge is 0.315 e. The lowest BCUT2D eigenvalue weighted by molar-refractivity contribution is -0.150. The van der Waals surface area contributed by atoms with Gasteiger partial charge in [-0.05, 0) is 70.7 Å².